The highest BCUT2D eigenvalue weighted by atomic mass is 16.5. The molecule has 0 saturated heterocycles. The maximum absolute atomic E-state index is 12.2. The van der Waals surface area contributed by atoms with Gasteiger partial charge in [0.15, 0.2) is 0 Å². The van der Waals surface area contributed by atoms with Crippen molar-refractivity contribution in [1.82, 2.24) is 4.57 Å². The van der Waals surface area contributed by atoms with Gasteiger partial charge in [0, 0.05) is 12.7 Å². The third-order valence-electron chi connectivity index (χ3n) is 3.19. The normalized spacial score (nSPS) is 10.2. The lowest BCUT2D eigenvalue weighted by molar-refractivity contribution is 0.0602. The minimum Gasteiger partial charge on any atom is -0.465 e. The average molecular weight is 272 g/mol. The highest BCUT2D eigenvalue weighted by molar-refractivity contribution is 6.07. The predicted molar refractivity (Wildman–Crippen MR) is 75.9 cm³/mol. The maximum Gasteiger partial charge on any atom is 0.339 e. The molecule has 0 aliphatic rings. The highest BCUT2D eigenvalue weighted by Crippen LogP contribution is 2.17. The summed E-state index contributed by atoms with van der Waals surface area (Å²) in [5.41, 5.74) is 2.27. The molecule has 0 unspecified atom stereocenters. The van der Waals surface area contributed by atoms with Crippen molar-refractivity contribution in [2.45, 2.75) is 6.92 Å². The van der Waals surface area contributed by atoms with Gasteiger partial charge in [-0.05, 0) is 31.2 Å². The van der Waals surface area contributed by atoms with Gasteiger partial charge in [0.2, 0.25) is 0 Å². The standard InChI is InChI=1S/C15H16N2O3/c1-10-8-9-13(17(10)2)14(18)16-12-7-5-4-6-11(12)15(19)20-3/h4-9H,1-3H3,(H,16,18). The largest absolute Gasteiger partial charge is 0.465 e. The molecule has 0 aliphatic carbocycles. The Kier molecular flexibility index (Phi) is 3.89. The van der Waals surface area contributed by atoms with Crippen LogP contribution in [-0.4, -0.2) is 23.6 Å². The molecular weight excluding hydrogens is 256 g/mol. The SMILES string of the molecule is COC(=O)c1ccccc1NC(=O)c1ccc(C)n1C. The molecule has 20 heavy (non-hydrogen) atoms. The number of nitrogens with one attached hydrogen (secondary N) is 1. The Morgan fingerprint density at radius 2 is 1.85 bits per heavy atom. The Labute approximate surface area is 117 Å². The van der Waals surface area contributed by atoms with E-state index in [1.165, 1.54) is 7.11 Å². The fraction of sp³-hybridized carbons (Fsp3) is 0.200. The molecule has 0 aliphatic heterocycles. The molecular formula is C15H16N2O3. The fourth-order valence-corrected chi connectivity index (χ4v) is 1.91. The number of carbonyl (C=O) groups is 2. The quantitative estimate of drug-likeness (QED) is 0.873. The second-order valence-electron chi connectivity index (χ2n) is 4.41. The van der Waals surface area contributed by atoms with E-state index in [4.69, 9.17) is 4.74 Å². The Morgan fingerprint density at radius 1 is 1.15 bits per heavy atom. The summed E-state index contributed by atoms with van der Waals surface area (Å²) in [5, 5.41) is 2.74. The summed E-state index contributed by atoms with van der Waals surface area (Å²) in [6, 6.07) is 10.3. The molecule has 0 radical (unpaired) electrons. The average Bonchev–Trinajstić information content (AvgIpc) is 2.79. The molecule has 2 rings (SSSR count). The molecule has 0 spiro atoms. The van der Waals surface area contributed by atoms with Gasteiger partial charge in [-0.15, -0.1) is 0 Å². The number of aryl methyl sites for hydroxylation is 1. The van der Waals surface area contributed by atoms with Crippen LogP contribution in [0.4, 0.5) is 5.69 Å². The first kappa shape index (κ1) is 13.9. The summed E-state index contributed by atoms with van der Waals surface area (Å²) >= 11 is 0. The van der Waals surface area contributed by atoms with Crippen LogP contribution in [0.25, 0.3) is 0 Å². The van der Waals surface area contributed by atoms with E-state index in [1.807, 2.05) is 20.0 Å². The first-order chi connectivity index (χ1) is 9.54. The van der Waals surface area contributed by atoms with Crippen LogP contribution in [0.3, 0.4) is 0 Å². The minimum atomic E-state index is -0.482. The Bertz CT molecular complexity index is 659. The van der Waals surface area contributed by atoms with Crippen molar-refractivity contribution in [1.29, 1.82) is 0 Å². The first-order valence-electron chi connectivity index (χ1n) is 6.15. The summed E-state index contributed by atoms with van der Waals surface area (Å²) in [6.07, 6.45) is 0. The van der Waals surface area contributed by atoms with Gasteiger partial charge < -0.3 is 14.6 Å². The van der Waals surface area contributed by atoms with Crippen LogP contribution >= 0.6 is 0 Å². The molecule has 0 atom stereocenters. The van der Waals surface area contributed by atoms with Crippen molar-refractivity contribution in [3.8, 4) is 0 Å². The molecule has 0 fully saturated rings. The van der Waals surface area contributed by atoms with Crippen LogP contribution in [0.15, 0.2) is 36.4 Å². The highest BCUT2D eigenvalue weighted by Gasteiger charge is 2.16. The topological polar surface area (TPSA) is 60.3 Å². The molecule has 1 amide bonds. The maximum atomic E-state index is 12.2. The number of nitrogens with zero attached hydrogens (tertiary/aromatic N) is 1. The molecule has 5 nitrogen and oxygen atoms in total. The van der Waals surface area contributed by atoms with E-state index in [0.29, 0.717) is 16.9 Å². The third kappa shape index (κ3) is 2.56. The number of hydrogen-bond acceptors (Lipinski definition) is 3. The van der Waals surface area contributed by atoms with E-state index in [0.717, 1.165) is 5.69 Å². The predicted octanol–water partition coefficient (Wildman–Crippen LogP) is 2.37. The number of anilines is 1. The molecule has 0 saturated carbocycles. The minimum absolute atomic E-state index is 0.267. The molecule has 1 aromatic heterocycles. The number of ether oxygens (including phenoxy) is 1. The van der Waals surface area contributed by atoms with Crippen molar-refractivity contribution in [3.05, 3.63) is 53.3 Å². The second-order valence-corrected chi connectivity index (χ2v) is 4.41. The summed E-state index contributed by atoms with van der Waals surface area (Å²) in [5.74, 6) is -0.749. The Hall–Kier alpha value is -2.56. The second kappa shape index (κ2) is 5.61. The number of hydrogen-bond donors (Lipinski definition) is 1. The number of esters is 1. The third-order valence-corrected chi connectivity index (χ3v) is 3.19. The van der Waals surface area contributed by atoms with Crippen LogP contribution < -0.4 is 5.32 Å². The molecule has 104 valence electrons. The van der Waals surface area contributed by atoms with Gasteiger partial charge in [-0.2, -0.15) is 0 Å². The van der Waals surface area contributed by atoms with Gasteiger partial charge in [0.1, 0.15) is 5.69 Å². The fourth-order valence-electron chi connectivity index (χ4n) is 1.91. The zero-order valence-electron chi connectivity index (χ0n) is 11.6. The van der Waals surface area contributed by atoms with Gasteiger partial charge in [-0.1, -0.05) is 12.1 Å². The molecule has 1 aromatic carbocycles. The summed E-state index contributed by atoms with van der Waals surface area (Å²) in [4.78, 5) is 23.9. The van der Waals surface area contributed by atoms with Crippen molar-refractivity contribution >= 4 is 17.6 Å². The lowest BCUT2D eigenvalue weighted by atomic mass is 10.1. The number of para-hydroxylation sites is 1. The molecule has 2 aromatic rings. The molecule has 0 bridgehead atoms. The number of rotatable bonds is 3. The van der Waals surface area contributed by atoms with Gasteiger partial charge in [0.05, 0.1) is 18.4 Å². The van der Waals surface area contributed by atoms with Crippen LogP contribution in [0.5, 0.6) is 0 Å². The first-order valence-corrected chi connectivity index (χ1v) is 6.15. The van der Waals surface area contributed by atoms with Crippen molar-refractivity contribution in [2.24, 2.45) is 7.05 Å². The molecule has 1 heterocycles. The van der Waals surface area contributed by atoms with E-state index in [2.05, 4.69) is 5.32 Å². The van der Waals surface area contributed by atoms with Crippen molar-refractivity contribution < 1.29 is 14.3 Å². The van der Waals surface area contributed by atoms with Crippen LogP contribution in [0, 0.1) is 6.92 Å². The Morgan fingerprint density at radius 3 is 2.45 bits per heavy atom. The van der Waals surface area contributed by atoms with Gasteiger partial charge in [-0.3, -0.25) is 4.79 Å². The van der Waals surface area contributed by atoms with Crippen LogP contribution in [-0.2, 0) is 11.8 Å². The number of amides is 1. The van der Waals surface area contributed by atoms with E-state index in [1.54, 1.807) is 34.9 Å². The van der Waals surface area contributed by atoms with E-state index in [9.17, 15) is 9.59 Å². The number of benzene rings is 1. The smallest absolute Gasteiger partial charge is 0.339 e. The van der Waals surface area contributed by atoms with Crippen molar-refractivity contribution in [3.63, 3.8) is 0 Å². The van der Waals surface area contributed by atoms with E-state index < -0.39 is 5.97 Å². The van der Waals surface area contributed by atoms with Crippen molar-refractivity contribution in [2.75, 3.05) is 12.4 Å². The van der Waals surface area contributed by atoms with E-state index >= 15 is 0 Å². The van der Waals surface area contributed by atoms with Crippen LogP contribution in [0.1, 0.15) is 26.5 Å². The van der Waals surface area contributed by atoms with Gasteiger partial charge in [0.25, 0.3) is 5.91 Å². The summed E-state index contributed by atoms with van der Waals surface area (Å²) < 4.78 is 6.48. The lowest BCUT2D eigenvalue weighted by Crippen LogP contribution is -2.18. The monoisotopic (exact) mass is 272 g/mol. The molecule has 1 N–H and O–H groups in total. The van der Waals surface area contributed by atoms with Gasteiger partial charge >= 0.3 is 5.97 Å². The van der Waals surface area contributed by atoms with Gasteiger partial charge in [-0.25, -0.2) is 4.79 Å². The number of carbonyl (C=O) groups excluding carboxylic acids is 2. The number of aromatic nitrogens is 1. The zero-order chi connectivity index (χ0) is 14.7. The number of methoxy groups -OCH3 is 1. The molecule has 5 heteroatoms. The summed E-state index contributed by atoms with van der Waals surface area (Å²) in [6.45, 7) is 1.92. The lowest BCUT2D eigenvalue weighted by Gasteiger charge is -2.10. The Balaban J connectivity index is 2.29. The zero-order valence-corrected chi connectivity index (χ0v) is 11.6. The van der Waals surface area contributed by atoms with E-state index in [-0.39, 0.29) is 5.91 Å². The van der Waals surface area contributed by atoms with Crippen LogP contribution in [0.2, 0.25) is 0 Å². The summed E-state index contributed by atoms with van der Waals surface area (Å²) in [7, 11) is 3.12.